The lowest BCUT2D eigenvalue weighted by Gasteiger charge is -2.13. The van der Waals surface area contributed by atoms with Crippen LogP contribution < -0.4 is 4.72 Å². The molecule has 0 saturated heterocycles. The van der Waals surface area contributed by atoms with E-state index in [0.29, 0.717) is 35.5 Å². The molecule has 36 heavy (non-hydrogen) atoms. The van der Waals surface area contributed by atoms with E-state index < -0.39 is 10.0 Å². The second-order valence-corrected chi connectivity index (χ2v) is 10.6. The van der Waals surface area contributed by atoms with Gasteiger partial charge in [-0.2, -0.15) is 0 Å². The van der Waals surface area contributed by atoms with Crippen molar-refractivity contribution < 1.29 is 17.7 Å². The van der Waals surface area contributed by atoms with Crippen LogP contribution in [0.1, 0.15) is 53.5 Å². The number of sulfonamides is 1. The summed E-state index contributed by atoms with van der Waals surface area (Å²) in [4.78, 5) is 16.7. The maximum atomic E-state index is 13.2. The van der Waals surface area contributed by atoms with Gasteiger partial charge in [-0.1, -0.05) is 66.1 Å². The Hall–Kier alpha value is -3.43. The first-order valence-corrected chi connectivity index (χ1v) is 13.4. The highest BCUT2D eigenvalue weighted by molar-refractivity contribution is 7.92. The van der Waals surface area contributed by atoms with E-state index in [4.69, 9.17) is 16.1 Å². The molecule has 0 amide bonds. The number of hydrogen-bond acceptors (Lipinski definition) is 6. The molecule has 0 bridgehead atoms. The number of ketones is 1. The van der Waals surface area contributed by atoms with Crippen molar-refractivity contribution in [2.75, 3.05) is 4.72 Å². The fourth-order valence-corrected chi connectivity index (χ4v) is 5.61. The van der Waals surface area contributed by atoms with Crippen LogP contribution in [-0.2, 0) is 23.0 Å². The normalized spacial score (nSPS) is 11.6. The van der Waals surface area contributed by atoms with E-state index in [1.54, 1.807) is 38.1 Å². The first-order valence-electron chi connectivity index (χ1n) is 11.5. The molecule has 0 unspecified atom stereocenters. The summed E-state index contributed by atoms with van der Waals surface area (Å²) >= 11 is 6.26. The third-order valence-corrected chi connectivity index (χ3v) is 7.64. The first kappa shape index (κ1) is 25.7. The highest BCUT2D eigenvalue weighted by Gasteiger charge is 2.23. The molecule has 4 rings (SSSR count). The Morgan fingerprint density at radius 3 is 2.42 bits per heavy atom. The van der Waals surface area contributed by atoms with Crippen LogP contribution >= 0.6 is 11.6 Å². The van der Waals surface area contributed by atoms with Gasteiger partial charge in [-0.15, -0.1) is 0 Å². The third-order valence-electron chi connectivity index (χ3n) is 5.98. The maximum Gasteiger partial charge on any atom is 0.263 e. The second kappa shape index (κ2) is 10.3. The average molecular weight is 527 g/mol. The molecule has 0 aliphatic heterocycles. The highest BCUT2D eigenvalue weighted by atomic mass is 35.5. The number of anilines is 1. The molecule has 0 aliphatic carbocycles. The van der Waals surface area contributed by atoms with Crippen molar-refractivity contribution in [1.29, 1.82) is 0 Å². The number of Topliss-reactive ketones (excluding diaryl/α,β-unsaturated/α-hetero) is 1. The van der Waals surface area contributed by atoms with Gasteiger partial charge in [-0.3, -0.25) is 9.52 Å². The summed E-state index contributed by atoms with van der Waals surface area (Å²) in [5, 5.41) is 4.03. The van der Waals surface area contributed by atoms with Gasteiger partial charge < -0.3 is 9.09 Å². The van der Waals surface area contributed by atoms with Crippen LogP contribution in [0.25, 0.3) is 11.1 Å². The summed E-state index contributed by atoms with van der Waals surface area (Å²) in [5.41, 5.74) is 3.24. The number of nitrogens with one attached hydrogen (secondary N) is 1. The summed E-state index contributed by atoms with van der Waals surface area (Å²) < 4.78 is 35.9. The smallest absolute Gasteiger partial charge is 0.263 e. The van der Waals surface area contributed by atoms with Crippen molar-refractivity contribution in [3.8, 4) is 11.1 Å². The summed E-state index contributed by atoms with van der Waals surface area (Å²) in [6.07, 6.45) is 1.57. The lowest BCUT2D eigenvalue weighted by atomic mass is 10.0. The summed E-state index contributed by atoms with van der Waals surface area (Å²) in [6.45, 7) is 7.41. The van der Waals surface area contributed by atoms with Gasteiger partial charge in [0, 0.05) is 31.0 Å². The highest BCUT2D eigenvalue weighted by Crippen LogP contribution is 2.30. The zero-order valence-electron chi connectivity index (χ0n) is 20.5. The summed E-state index contributed by atoms with van der Waals surface area (Å²) in [7, 11) is -3.92. The van der Waals surface area contributed by atoms with Gasteiger partial charge in [0.05, 0.1) is 4.90 Å². The fourth-order valence-electron chi connectivity index (χ4n) is 3.99. The number of carbonyl (C=O) groups is 1. The molecule has 1 N–H and O–H groups in total. The number of rotatable bonds is 9. The van der Waals surface area contributed by atoms with Gasteiger partial charge in [-0.05, 0) is 37.5 Å². The molecule has 0 aliphatic rings. The largest absolute Gasteiger partial charge is 0.359 e. The van der Waals surface area contributed by atoms with Crippen molar-refractivity contribution in [3.63, 3.8) is 0 Å². The van der Waals surface area contributed by atoms with Crippen LogP contribution in [0.2, 0.25) is 5.15 Å². The number of halogens is 1. The van der Waals surface area contributed by atoms with Crippen molar-refractivity contribution >= 4 is 33.2 Å². The van der Waals surface area contributed by atoms with Crippen LogP contribution in [0.15, 0.2) is 57.9 Å². The standard InChI is InChI=1S/C26H27ClN4O4S/c1-5-8-23-28-25(27)24(17(3)32)31(23)15-19-11-13-20(14-12-19)21-9-6-7-10-22(21)36(33,34)30-26-16(2)18(4)35-29-26/h6-7,9-14H,5,8,15H2,1-4H3,(H,29,30). The molecule has 10 heteroatoms. The SMILES string of the molecule is CCCc1nc(Cl)c(C(C)=O)n1Cc1ccc(-c2ccccc2S(=O)(=O)Nc2noc(C)c2C)cc1. The predicted molar refractivity (Wildman–Crippen MR) is 139 cm³/mol. The molecule has 0 spiro atoms. The lowest BCUT2D eigenvalue weighted by molar-refractivity contribution is 0.100. The van der Waals surface area contributed by atoms with Crippen molar-refractivity contribution in [1.82, 2.24) is 14.7 Å². The van der Waals surface area contributed by atoms with Gasteiger partial charge in [-0.25, -0.2) is 13.4 Å². The number of imidazole rings is 1. The van der Waals surface area contributed by atoms with E-state index in [2.05, 4.69) is 14.9 Å². The van der Waals surface area contributed by atoms with Crippen molar-refractivity contribution in [3.05, 3.63) is 82.1 Å². The second-order valence-electron chi connectivity index (χ2n) is 8.57. The molecule has 0 atom stereocenters. The van der Waals surface area contributed by atoms with E-state index >= 15 is 0 Å². The van der Waals surface area contributed by atoms with Crippen LogP contribution in [-0.4, -0.2) is 28.9 Å². The number of aromatic nitrogens is 3. The Labute approximate surface area is 215 Å². The average Bonchev–Trinajstić information content (AvgIpc) is 3.32. The molecule has 8 nitrogen and oxygen atoms in total. The summed E-state index contributed by atoms with van der Waals surface area (Å²) in [6, 6.07) is 14.3. The zero-order valence-corrected chi connectivity index (χ0v) is 22.1. The Morgan fingerprint density at radius 2 is 1.81 bits per heavy atom. The Bertz CT molecular complexity index is 1520. The Morgan fingerprint density at radius 1 is 1.11 bits per heavy atom. The zero-order chi connectivity index (χ0) is 26.0. The number of hydrogen-bond donors (Lipinski definition) is 1. The van der Waals surface area contributed by atoms with Crippen LogP contribution in [0.5, 0.6) is 0 Å². The molecule has 2 aromatic carbocycles. The lowest BCUT2D eigenvalue weighted by Crippen LogP contribution is -2.15. The van der Waals surface area contributed by atoms with Crippen LogP contribution in [0.4, 0.5) is 5.82 Å². The number of nitrogens with zero attached hydrogens (tertiary/aromatic N) is 3. The van der Waals surface area contributed by atoms with Crippen LogP contribution in [0, 0.1) is 13.8 Å². The third kappa shape index (κ3) is 5.08. The van der Waals surface area contributed by atoms with Crippen molar-refractivity contribution in [2.45, 2.75) is 52.0 Å². The molecular weight excluding hydrogens is 500 g/mol. The predicted octanol–water partition coefficient (Wildman–Crippen LogP) is 5.81. The van der Waals surface area contributed by atoms with Gasteiger partial charge >= 0.3 is 0 Å². The Kier molecular flexibility index (Phi) is 7.33. The molecule has 4 aromatic rings. The molecule has 0 fully saturated rings. The van der Waals surface area contributed by atoms with Gasteiger partial charge in [0.2, 0.25) is 0 Å². The number of benzene rings is 2. The maximum absolute atomic E-state index is 13.2. The van der Waals surface area contributed by atoms with E-state index in [1.807, 2.05) is 35.8 Å². The molecule has 2 aromatic heterocycles. The topological polar surface area (TPSA) is 107 Å². The van der Waals surface area contributed by atoms with E-state index in [9.17, 15) is 13.2 Å². The minimum absolute atomic E-state index is 0.128. The molecule has 2 heterocycles. The molecule has 0 radical (unpaired) electrons. The van der Waals surface area contributed by atoms with Gasteiger partial charge in [0.1, 0.15) is 17.3 Å². The van der Waals surface area contributed by atoms with E-state index in [1.165, 1.54) is 6.92 Å². The number of aryl methyl sites for hydroxylation is 2. The molecular formula is C26H27ClN4O4S. The van der Waals surface area contributed by atoms with Gasteiger partial charge in [0.25, 0.3) is 10.0 Å². The summed E-state index contributed by atoms with van der Waals surface area (Å²) in [5.74, 6) is 1.33. The van der Waals surface area contributed by atoms with Gasteiger partial charge in [0.15, 0.2) is 16.8 Å². The molecule has 188 valence electrons. The number of carbonyl (C=O) groups excluding carboxylic acids is 1. The van der Waals surface area contributed by atoms with E-state index in [0.717, 1.165) is 23.4 Å². The van der Waals surface area contributed by atoms with Crippen molar-refractivity contribution in [2.24, 2.45) is 0 Å². The fraction of sp³-hybridized carbons (Fsp3) is 0.269. The minimum atomic E-state index is -3.92. The quantitative estimate of drug-likeness (QED) is 0.276. The molecule has 0 saturated carbocycles. The first-order chi connectivity index (χ1) is 17.1. The minimum Gasteiger partial charge on any atom is -0.359 e. The van der Waals surface area contributed by atoms with E-state index in [-0.39, 0.29) is 21.6 Å². The Balaban J connectivity index is 1.65. The van der Waals surface area contributed by atoms with Crippen LogP contribution in [0.3, 0.4) is 0 Å². The monoisotopic (exact) mass is 526 g/mol.